The lowest BCUT2D eigenvalue weighted by Crippen LogP contribution is -2.16. The average Bonchev–Trinajstić information content (AvgIpc) is 2.34. The Kier molecular flexibility index (Phi) is 2.06. The van der Waals surface area contributed by atoms with E-state index in [2.05, 4.69) is 24.1 Å². The van der Waals surface area contributed by atoms with Crippen LogP contribution >= 0.6 is 0 Å². The number of nitrogens with zero attached hydrogens (tertiary/aromatic N) is 2. The maximum absolute atomic E-state index is 3.81. The van der Waals surface area contributed by atoms with E-state index >= 15 is 0 Å². The Morgan fingerprint density at radius 3 is 2.70 bits per heavy atom. The van der Waals surface area contributed by atoms with Gasteiger partial charge in [0.05, 0.1) is 5.70 Å². The van der Waals surface area contributed by atoms with Crippen LogP contribution in [0.5, 0.6) is 0 Å². The van der Waals surface area contributed by atoms with Gasteiger partial charge in [-0.2, -0.15) is 5.10 Å². The van der Waals surface area contributed by atoms with Crippen molar-refractivity contribution in [3.05, 3.63) is 11.3 Å². The third-order valence-electron chi connectivity index (χ3n) is 1.78. The summed E-state index contributed by atoms with van der Waals surface area (Å²) >= 11 is 0. The molecule has 1 N–H and O–H groups in total. The minimum atomic E-state index is 0.918. The van der Waals surface area contributed by atoms with Crippen LogP contribution in [0.1, 0.15) is 6.92 Å². The van der Waals surface area contributed by atoms with E-state index in [1.54, 1.807) is 0 Å². The Bertz CT molecular complexity index is 172. The van der Waals surface area contributed by atoms with Crippen molar-refractivity contribution in [2.75, 3.05) is 20.1 Å². The summed E-state index contributed by atoms with van der Waals surface area (Å²) in [6.45, 7) is 7.46. The maximum Gasteiger partial charge on any atom is 0.0504 e. The second-order valence-electron chi connectivity index (χ2n) is 2.50. The molecule has 56 valence electrons. The van der Waals surface area contributed by atoms with E-state index in [0.717, 1.165) is 13.1 Å². The van der Waals surface area contributed by atoms with Gasteiger partial charge in [0.1, 0.15) is 0 Å². The monoisotopic (exact) mass is 139 g/mol. The highest BCUT2D eigenvalue weighted by molar-refractivity contribution is 5.25. The topological polar surface area (TPSA) is 27.6 Å². The molecular weight excluding hydrogens is 126 g/mol. The molecule has 0 aromatic carbocycles. The van der Waals surface area contributed by atoms with Crippen molar-refractivity contribution in [2.45, 2.75) is 6.92 Å². The summed E-state index contributed by atoms with van der Waals surface area (Å²) < 4.78 is 0. The van der Waals surface area contributed by atoms with Crippen LogP contribution < -0.4 is 5.32 Å². The van der Waals surface area contributed by atoms with Crippen LogP contribution in [0.3, 0.4) is 0 Å². The Labute approximate surface area is 61.4 Å². The van der Waals surface area contributed by atoms with Crippen molar-refractivity contribution in [3.63, 3.8) is 0 Å². The summed E-state index contributed by atoms with van der Waals surface area (Å²) in [4.78, 5) is 0. The van der Waals surface area contributed by atoms with Gasteiger partial charge in [0.25, 0.3) is 0 Å². The van der Waals surface area contributed by atoms with Crippen molar-refractivity contribution in [3.8, 4) is 0 Å². The lowest BCUT2D eigenvalue weighted by atomic mass is 10.3. The van der Waals surface area contributed by atoms with Crippen molar-refractivity contribution in [2.24, 2.45) is 5.10 Å². The fraction of sp³-hybridized carbons (Fsp3) is 0.571. The molecule has 3 heteroatoms. The average molecular weight is 139 g/mol. The lowest BCUT2D eigenvalue weighted by Gasteiger charge is -2.13. The molecule has 0 saturated heterocycles. The number of rotatable bonds is 2. The van der Waals surface area contributed by atoms with Crippen LogP contribution in [0.25, 0.3) is 0 Å². The summed E-state index contributed by atoms with van der Waals surface area (Å²) in [7, 11) is 1.92. The van der Waals surface area contributed by atoms with Gasteiger partial charge in [-0.3, -0.25) is 5.01 Å². The van der Waals surface area contributed by atoms with Gasteiger partial charge in [0.2, 0.25) is 0 Å². The van der Waals surface area contributed by atoms with E-state index in [1.165, 1.54) is 11.3 Å². The van der Waals surface area contributed by atoms with E-state index in [9.17, 15) is 0 Å². The highest BCUT2D eigenvalue weighted by Gasteiger charge is 2.12. The molecule has 0 atom stereocenters. The number of hydrogen-bond acceptors (Lipinski definition) is 3. The molecule has 0 bridgehead atoms. The molecule has 0 aromatic rings. The molecule has 0 saturated carbocycles. The Morgan fingerprint density at radius 2 is 2.30 bits per heavy atom. The zero-order valence-corrected chi connectivity index (χ0v) is 6.52. The SMILES string of the molecule is C=NN(C)C1=C(C)CNC1. The standard InChI is InChI=1S/C7H13N3/c1-6-4-9-5-7(6)10(3)8-2/h9H,2,4-5H2,1,3H3. The smallest absolute Gasteiger partial charge is 0.0504 e. The summed E-state index contributed by atoms with van der Waals surface area (Å²) in [6, 6.07) is 0. The van der Waals surface area contributed by atoms with Crippen LogP contribution in [-0.4, -0.2) is 31.9 Å². The van der Waals surface area contributed by atoms with Gasteiger partial charge in [0, 0.05) is 26.9 Å². The van der Waals surface area contributed by atoms with Gasteiger partial charge in [-0.25, -0.2) is 0 Å². The van der Waals surface area contributed by atoms with Crippen LogP contribution in [0.4, 0.5) is 0 Å². The van der Waals surface area contributed by atoms with Crippen LogP contribution in [0.15, 0.2) is 16.4 Å². The highest BCUT2D eigenvalue weighted by atomic mass is 15.4. The van der Waals surface area contributed by atoms with E-state index in [-0.39, 0.29) is 0 Å². The summed E-state index contributed by atoms with van der Waals surface area (Å²) in [5.41, 5.74) is 2.60. The van der Waals surface area contributed by atoms with Crippen molar-refractivity contribution < 1.29 is 0 Å². The Morgan fingerprint density at radius 1 is 1.60 bits per heavy atom. The maximum atomic E-state index is 3.81. The van der Waals surface area contributed by atoms with Gasteiger partial charge < -0.3 is 5.32 Å². The molecular formula is C7H13N3. The van der Waals surface area contributed by atoms with Crippen molar-refractivity contribution in [1.82, 2.24) is 10.3 Å². The normalized spacial score (nSPS) is 17.8. The minimum Gasteiger partial charge on any atom is -0.307 e. The Balaban J connectivity index is 2.70. The number of hydrazone groups is 1. The molecule has 1 heterocycles. The first-order valence-electron chi connectivity index (χ1n) is 3.35. The van der Waals surface area contributed by atoms with Crippen molar-refractivity contribution >= 4 is 6.72 Å². The molecule has 1 rings (SSSR count). The van der Waals surface area contributed by atoms with E-state index < -0.39 is 0 Å². The van der Waals surface area contributed by atoms with E-state index in [4.69, 9.17) is 0 Å². The molecule has 10 heavy (non-hydrogen) atoms. The molecule has 0 spiro atoms. The van der Waals surface area contributed by atoms with Crippen LogP contribution in [0, 0.1) is 0 Å². The van der Waals surface area contributed by atoms with Gasteiger partial charge in [-0.1, -0.05) is 0 Å². The largest absolute Gasteiger partial charge is 0.307 e. The zero-order valence-electron chi connectivity index (χ0n) is 6.52. The second kappa shape index (κ2) is 2.84. The van der Waals surface area contributed by atoms with Gasteiger partial charge in [-0.15, -0.1) is 0 Å². The first-order valence-corrected chi connectivity index (χ1v) is 3.35. The number of nitrogens with one attached hydrogen (secondary N) is 1. The van der Waals surface area contributed by atoms with Gasteiger partial charge >= 0.3 is 0 Å². The number of likely N-dealkylation sites (N-methyl/N-ethyl adjacent to an activating group) is 1. The van der Waals surface area contributed by atoms with Crippen molar-refractivity contribution in [1.29, 1.82) is 0 Å². The fourth-order valence-electron chi connectivity index (χ4n) is 1.10. The molecule has 0 radical (unpaired) electrons. The molecule has 0 amide bonds. The van der Waals surface area contributed by atoms with Crippen LogP contribution in [0.2, 0.25) is 0 Å². The number of hydrogen-bond donors (Lipinski definition) is 1. The third-order valence-corrected chi connectivity index (χ3v) is 1.78. The van der Waals surface area contributed by atoms with E-state index in [1.807, 2.05) is 12.1 Å². The third kappa shape index (κ3) is 1.19. The zero-order chi connectivity index (χ0) is 7.56. The summed E-state index contributed by atoms with van der Waals surface area (Å²) in [5.74, 6) is 0. The highest BCUT2D eigenvalue weighted by Crippen LogP contribution is 2.11. The van der Waals surface area contributed by atoms with Crippen LogP contribution in [-0.2, 0) is 0 Å². The molecule has 0 unspecified atom stereocenters. The predicted molar refractivity (Wildman–Crippen MR) is 42.9 cm³/mol. The quantitative estimate of drug-likeness (QED) is 0.443. The summed E-state index contributed by atoms with van der Waals surface area (Å²) in [6.07, 6.45) is 0. The molecule has 3 nitrogen and oxygen atoms in total. The molecule has 0 aliphatic carbocycles. The summed E-state index contributed by atoms with van der Waals surface area (Å²) in [5, 5.41) is 8.85. The predicted octanol–water partition coefficient (Wildman–Crippen LogP) is 0.411. The molecule has 0 fully saturated rings. The van der Waals surface area contributed by atoms with Gasteiger partial charge in [0.15, 0.2) is 0 Å². The molecule has 1 aliphatic rings. The second-order valence-corrected chi connectivity index (χ2v) is 2.50. The first kappa shape index (κ1) is 7.28. The van der Waals surface area contributed by atoms with Gasteiger partial charge in [-0.05, 0) is 12.5 Å². The minimum absolute atomic E-state index is 0.918. The van der Waals surface area contributed by atoms with E-state index in [0.29, 0.717) is 0 Å². The Hall–Kier alpha value is -0.830. The molecule has 1 aliphatic heterocycles. The molecule has 0 aromatic heterocycles. The fourth-order valence-corrected chi connectivity index (χ4v) is 1.10. The lowest BCUT2D eigenvalue weighted by molar-refractivity contribution is 0.441. The first-order chi connectivity index (χ1) is 4.75.